The van der Waals surface area contributed by atoms with E-state index in [9.17, 15) is 4.79 Å². The largest absolute Gasteiger partial charge is 0.454 e. The van der Waals surface area contributed by atoms with Crippen molar-refractivity contribution in [2.45, 2.75) is 31.3 Å². The van der Waals surface area contributed by atoms with Gasteiger partial charge in [-0.05, 0) is 47.3 Å². The summed E-state index contributed by atoms with van der Waals surface area (Å²) in [5, 5.41) is 3.59. The number of halogens is 1. The van der Waals surface area contributed by atoms with E-state index in [-0.39, 0.29) is 12.7 Å². The summed E-state index contributed by atoms with van der Waals surface area (Å²) in [6.45, 7) is 1.82. The van der Waals surface area contributed by atoms with Crippen LogP contribution in [0.2, 0.25) is 0 Å². The van der Waals surface area contributed by atoms with Gasteiger partial charge in [0.25, 0.3) is 5.91 Å². The Morgan fingerprint density at radius 3 is 3.00 bits per heavy atom. The average Bonchev–Trinajstić information content (AvgIpc) is 3.05. The number of benzene rings is 1. The van der Waals surface area contributed by atoms with Crippen molar-refractivity contribution < 1.29 is 14.3 Å². The number of nitrogens with zero attached hydrogens (tertiary/aromatic N) is 1. The summed E-state index contributed by atoms with van der Waals surface area (Å²) >= 11 is 3.45. The minimum Gasteiger partial charge on any atom is -0.454 e. The molecule has 0 aliphatic carbocycles. The predicted octanol–water partition coefficient (Wildman–Crippen LogP) is 2.14. The molecule has 1 amide bonds. The van der Waals surface area contributed by atoms with E-state index in [0.717, 1.165) is 24.0 Å². The van der Waals surface area contributed by atoms with Crippen molar-refractivity contribution in [1.82, 2.24) is 10.2 Å². The number of carbonyl (C=O) groups is 1. The van der Waals surface area contributed by atoms with Crippen LogP contribution in [0.15, 0.2) is 16.6 Å². The van der Waals surface area contributed by atoms with E-state index >= 15 is 0 Å². The Balaban J connectivity index is 1.58. The topological polar surface area (TPSA) is 50.8 Å². The lowest BCUT2D eigenvalue weighted by molar-refractivity contribution is 0.0747. The third kappa shape index (κ3) is 2.40. The zero-order valence-corrected chi connectivity index (χ0v) is 13.2. The minimum absolute atomic E-state index is 0.0725. The molecule has 0 spiro atoms. The number of carbonyl (C=O) groups excluding carboxylic acids is 1. The van der Waals surface area contributed by atoms with Gasteiger partial charge in [0.15, 0.2) is 11.5 Å². The molecule has 1 aromatic rings. The molecule has 2 saturated heterocycles. The summed E-state index contributed by atoms with van der Waals surface area (Å²) < 4.78 is 11.5. The smallest absolute Gasteiger partial charge is 0.254 e. The maximum atomic E-state index is 12.8. The molecule has 0 saturated carbocycles. The van der Waals surface area contributed by atoms with Gasteiger partial charge in [-0.1, -0.05) is 0 Å². The number of nitrogens with one attached hydrogen (secondary N) is 1. The number of rotatable bonds is 1. The predicted molar refractivity (Wildman–Crippen MR) is 80.7 cm³/mol. The highest BCUT2D eigenvalue weighted by atomic mass is 79.9. The van der Waals surface area contributed by atoms with Crippen LogP contribution in [0.1, 0.15) is 29.6 Å². The van der Waals surface area contributed by atoms with Gasteiger partial charge in [0, 0.05) is 30.7 Å². The van der Waals surface area contributed by atoms with Gasteiger partial charge >= 0.3 is 0 Å². The monoisotopic (exact) mass is 352 g/mol. The molecule has 4 rings (SSSR count). The van der Waals surface area contributed by atoms with Gasteiger partial charge in [-0.25, -0.2) is 0 Å². The Kier molecular flexibility index (Phi) is 3.30. The second-order valence-electron chi connectivity index (χ2n) is 5.87. The lowest BCUT2D eigenvalue weighted by Crippen LogP contribution is -2.39. The van der Waals surface area contributed by atoms with Crippen LogP contribution in [-0.4, -0.2) is 42.8 Å². The number of fused-ring (bicyclic) bond motifs is 3. The quantitative estimate of drug-likeness (QED) is 0.841. The molecule has 5 nitrogen and oxygen atoms in total. The highest BCUT2D eigenvalue weighted by Crippen LogP contribution is 2.40. The summed E-state index contributed by atoms with van der Waals surface area (Å²) in [5.41, 5.74) is 0.656. The second-order valence-corrected chi connectivity index (χ2v) is 6.72. The maximum Gasteiger partial charge on any atom is 0.254 e. The van der Waals surface area contributed by atoms with Crippen LogP contribution in [0.25, 0.3) is 0 Å². The lowest BCUT2D eigenvalue weighted by Gasteiger charge is -2.24. The van der Waals surface area contributed by atoms with E-state index < -0.39 is 0 Å². The van der Waals surface area contributed by atoms with E-state index in [4.69, 9.17) is 9.47 Å². The van der Waals surface area contributed by atoms with Crippen LogP contribution in [0.3, 0.4) is 0 Å². The van der Waals surface area contributed by atoms with Gasteiger partial charge < -0.3 is 19.7 Å². The van der Waals surface area contributed by atoms with Gasteiger partial charge in [-0.2, -0.15) is 0 Å². The van der Waals surface area contributed by atoms with Crippen molar-refractivity contribution in [2.75, 3.05) is 19.9 Å². The highest BCUT2D eigenvalue weighted by molar-refractivity contribution is 9.10. The molecule has 2 atom stereocenters. The van der Waals surface area contributed by atoms with Gasteiger partial charge in [-0.15, -0.1) is 0 Å². The third-order valence-corrected chi connectivity index (χ3v) is 5.07. The van der Waals surface area contributed by atoms with Crippen LogP contribution in [0.4, 0.5) is 0 Å². The third-order valence-electron chi connectivity index (χ3n) is 4.48. The molecule has 0 aromatic heterocycles. The van der Waals surface area contributed by atoms with E-state index in [1.54, 1.807) is 6.07 Å². The van der Waals surface area contributed by atoms with E-state index in [1.165, 1.54) is 12.8 Å². The van der Waals surface area contributed by atoms with Crippen LogP contribution in [0, 0.1) is 0 Å². The molecule has 2 bridgehead atoms. The van der Waals surface area contributed by atoms with Crippen LogP contribution >= 0.6 is 15.9 Å². The fourth-order valence-corrected chi connectivity index (χ4v) is 3.96. The molecule has 1 N–H and O–H groups in total. The normalized spacial score (nSPS) is 26.8. The Bertz CT molecular complexity index is 593. The fraction of sp³-hybridized carbons (Fsp3) is 0.533. The molecule has 3 aliphatic heterocycles. The summed E-state index contributed by atoms with van der Waals surface area (Å²) in [5.74, 6) is 1.40. The molecule has 3 heterocycles. The number of hydrogen-bond acceptors (Lipinski definition) is 4. The van der Waals surface area contributed by atoms with Gasteiger partial charge in [-0.3, -0.25) is 4.79 Å². The van der Waals surface area contributed by atoms with Crippen molar-refractivity contribution >= 4 is 21.8 Å². The summed E-state index contributed by atoms with van der Waals surface area (Å²) in [6, 6.07) is 4.63. The Labute approximate surface area is 131 Å². The molecular weight excluding hydrogens is 336 g/mol. The summed E-state index contributed by atoms with van der Waals surface area (Å²) in [7, 11) is 0. The zero-order valence-electron chi connectivity index (χ0n) is 11.6. The number of ether oxygens (including phenoxy) is 2. The van der Waals surface area contributed by atoms with Gasteiger partial charge in [0.2, 0.25) is 6.79 Å². The molecule has 6 heteroatoms. The second kappa shape index (κ2) is 5.18. The molecule has 2 fully saturated rings. The lowest BCUT2D eigenvalue weighted by atomic mass is 10.1. The van der Waals surface area contributed by atoms with Crippen molar-refractivity contribution in [3.8, 4) is 11.5 Å². The highest BCUT2D eigenvalue weighted by Gasteiger charge is 2.32. The first-order valence-corrected chi connectivity index (χ1v) is 8.14. The Hall–Kier alpha value is -1.27. The number of likely N-dealkylation sites (tertiary alicyclic amines) is 1. The molecule has 3 aliphatic rings. The van der Waals surface area contributed by atoms with E-state index in [2.05, 4.69) is 21.2 Å². The summed E-state index contributed by atoms with van der Waals surface area (Å²) in [4.78, 5) is 14.7. The van der Waals surface area contributed by atoms with E-state index in [1.807, 2.05) is 11.0 Å². The van der Waals surface area contributed by atoms with Crippen molar-refractivity contribution in [3.63, 3.8) is 0 Å². The molecular formula is C15H17BrN2O3. The van der Waals surface area contributed by atoms with E-state index in [0.29, 0.717) is 29.1 Å². The standard InChI is InChI=1S/C15H17BrN2O3/c16-12-5-9(6-13-14(12)21-8-20-13)15(19)18-4-3-10-1-2-11(7-18)17-10/h5-6,10-11,17H,1-4,7-8H2. The fourth-order valence-electron chi connectivity index (χ4n) is 3.40. The first-order chi connectivity index (χ1) is 10.2. The van der Waals surface area contributed by atoms with Gasteiger partial charge in [0.05, 0.1) is 4.47 Å². The first-order valence-electron chi connectivity index (χ1n) is 7.35. The minimum atomic E-state index is 0.0725. The van der Waals surface area contributed by atoms with Crippen molar-refractivity contribution in [2.24, 2.45) is 0 Å². The van der Waals surface area contributed by atoms with Crippen LogP contribution in [-0.2, 0) is 0 Å². The Morgan fingerprint density at radius 1 is 1.24 bits per heavy atom. The van der Waals surface area contributed by atoms with Gasteiger partial charge in [0.1, 0.15) is 0 Å². The summed E-state index contributed by atoms with van der Waals surface area (Å²) in [6.07, 6.45) is 3.44. The van der Waals surface area contributed by atoms with Crippen LogP contribution in [0.5, 0.6) is 11.5 Å². The van der Waals surface area contributed by atoms with Crippen molar-refractivity contribution in [3.05, 3.63) is 22.2 Å². The maximum absolute atomic E-state index is 12.8. The molecule has 0 radical (unpaired) electrons. The Morgan fingerprint density at radius 2 is 2.10 bits per heavy atom. The van der Waals surface area contributed by atoms with Crippen molar-refractivity contribution in [1.29, 1.82) is 0 Å². The first kappa shape index (κ1) is 13.4. The molecule has 112 valence electrons. The number of hydrogen-bond donors (Lipinski definition) is 1. The molecule has 2 unspecified atom stereocenters. The zero-order chi connectivity index (χ0) is 14.4. The SMILES string of the molecule is O=C(c1cc(Br)c2c(c1)OCO2)N1CCC2CCC(C1)N2. The average molecular weight is 353 g/mol. The molecule has 21 heavy (non-hydrogen) atoms. The molecule has 1 aromatic carbocycles. The number of amides is 1. The van der Waals surface area contributed by atoms with Crippen LogP contribution < -0.4 is 14.8 Å².